The molecule has 0 fully saturated rings. The molecule has 0 spiro atoms. The van der Waals surface area contributed by atoms with Crippen LogP contribution in [0.15, 0.2) is 12.7 Å². The van der Waals surface area contributed by atoms with E-state index in [0.29, 0.717) is 9.13 Å². The Kier molecular flexibility index (Phi) is 4.59. The Hall–Kier alpha value is -4.02. The smallest absolute Gasteiger partial charge is 0.358 e. The van der Waals surface area contributed by atoms with Crippen LogP contribution in [0, 0.1) is 40.5 Å². The highest BCUT2D eigenvalue weighted by Gasteiger charge is 2.34. The summed E-state index contributed by atoms with van der Waals surface area (Å²) >= 11 is 0. The van der Waals surface area contributed by atoms with Crippen LogP contribution in [0.3, 0.4) is 0 Å². The van der Waals surface area contributed by atoms with Crippen LogP contribution in [-0.4, -0.2) is 38.8 Å². The first-order chi connectivity index (χ1) is 11.7. The summed E-state index contributed by atoms with van der Waals surface area (Å²) in [5.74, 6) is -3.90. The number of ether oxygens (including phenoxy) is 1. The van der Waals surface area contributed by atoms with Gasteiger partial charge in [-0.15, -0.1) is 0 Å². The van der Waals surface area contributed by atoms with E-state index in [1.54, 1.807) is 0 Å². The predicted molar refractivity (Wildman–Crippen MR) is 72.2 cm³/mol. The molecule has 2 aromatic heterocycles. The maximum Gasteiger partial charge on any atom is 0.462 e. The topological polar surface area (TPSA) is 217 Å². The minimum absolute atomic E-state index is 0.625. The van der Waals surface area contributed by atoms with Crippen molar-refractivity contribution in [1.29, 1.82) is 0 Å². The van der Waals surface area contributed by atoms with Crippen molar-refractivity contribution in [2.45, 2.75) is 13.5 Å². The molecule has 0 N–H and O–H groups in total. The van der Waals surface area contributed by atoms with Crippen molar-refractivity contribution in [2.24, 2.45) is 0 Å². The fourth-order valence-electron chi connectivity index (χ4n) is 1.79. The van der Waals surface area contributed by atoms with Crippen LogP contribution in [0.1, 0.15) is 0 Å². The van der Waals surface area contributed by atoms with Crippen molar-refractivity contribution in [2.75, 3.05) is 0 Å². The summed E-state index contributed by atoms with van der Waals surface area (Å²) in [6, 6.07) is 0. The summed E-state index contributed by atoms with van der Waals surface area (Å²) in [6.07, 6.45) is 1.56. The molecule has 0 aliphatic heterocycles. The first kappa shape index (κ1) is 17.3. The molecule has 0 saturated heterocycles. The van der Waals surface area contributed by atoms with Gasteiger partial charge in [-0.3, -0.25) is 0 Å². The molecule has 0 aliphatic carbocycles. The molecule has 2 heterocycles. The Labute approximate surface area is 134 Å². The number of aromatic nitrogens is 4. The lowest BCUT2D eigenvalue weighted by molar-refractivity contribution is -0.430. The van der Waals surface area contributed by atoms with Gasteiger partial charge in [0.15, 0.2) is 13.5 Å². The van der Waals surface area contributed by atoms with Gasteiger partial charge in [-0.1, -0.05) is 0 Å². The van der Waals surface area contributed by atoms with Gasteiger partial charge in [0.1, 0.15) is 0 Å². The average Bonchev–Trinajstić information content (AvgIpc) is 3.11. The molecule has 132 valence electrons. The van der Waals surface area contributed by atoms with Gasteiger partial charge in [0.25, 0.3) is 12.7 Å². The van der Waals surface area contributed by atoms with E-state index in [1.807, 2.05) is 0 Å². The maximum atomic E-state index is 10.9. The van der Waals surface area contributed by atoms with Gasteiger partial charge in [0.05, 0.1) is 0 Å². The summed E-state index contributed by atoms with van der Waals surface area (Å²) in [4.78, 5) is 45.4. The van der Waals surface area contributed by atoms with E-state index in [-0.39, 0.29) is 0 Å². The lowest BCUT2D eigenvalue weighted by atomic mass is 10.6. The Morgan fingerprint density at radius 3 is 1.40 bits per heavy atom. The van der Waals surface area contributed by atoms with E-state index in [4.69, 9.17) is 4.74 Å². The summed E-state index contributed by atoms with van der Waals surface area (Å²) in [5, 5.41) is 43.0. The second-order valence-corrected chi connectivity index (χ2v) is 4.21. The number of imidazole rings is 2. The van der Waals surface area contributed by atoms with E-state index < -0.39 is 56.4 Å². The number of nitro groups is 4. The standard InChI is InChI=1S/C8H6N8O9/c17-13(18)5-7(15(21)22)11(1-9-5)3-25-4-12-2-10-6(14(19)20)8(12)16(23)24/h1-2H,3-4H2. The van der Waals surface area contributed by atoms with Gasteiger partial charge in [0.2, 0.25) is 0 Å². The summed E-state index contributed by atoms with van der Waals surface area (Å²) < 4.78 is 6.34. The Bertz CT molecular complexity index is 799. The predicted octanol–water partition coefficient (Wildman–Crippen LogP) is 0.344. The minimum Gasteiger partial charge on any atom is -0.358 e. The molecule has 0 aliphatic rings. The molecule has 17 nitrogen and oxygen atoms in total. The highest BCUT2D eigenvalue weighted by atomic mass is 16.7. The second-order valence-electron chi connectivity index (χ2n) is 4.21. The fraction of sp³-hybridized carbons (Fsp3) is 0.250. The van der Waals surface area contributed by atoms with E-state index in [0.717, 1.165) is 12.7 Å². The van der Waals surface area contributed by atoms with Crippen LogP contribution in [0.4, 0.5) is 23.3 Å². The molecule has 25 heavy (non-hydrogen) atoms. The molecular formula is C8H6N8O9. The van der Waals surface area contributed by atoms with Crippen molar-refractivity contribution in [3.63, 3.8) is 0 Å². The first-order valence-electron chi connectivity index (χ1n) is 5.99. The molecule has 0 radical (unpaired) electrons. The Morgan fingerprint density at radius 2 is 1.12 bits per heavy atom. The Balaban J connectivity index is 2.17. The lowest BCUT2D eigenvalue weighted by Gasteiger charge is -2.01. The summed E-state index contributed by atoms with van der Waals surface area (Å²) in [6.45, 7) is -1.25. The molecule has 0 unspecified atom stereocenters. The number of nitrogens with zero attached hydrogens (tertiary/aromatic N) is 8. The molecular weight excluding hydrogens is 352 g/mol. The van der Waals surface area contributed by atoms with Crippen LogP contribution in [0.2, 0.25) is 0 Å². The average molecular weight is 358 g/mol. The van der Waals surface area contributed by atoms with E-state index >= 15 is 0 Å². The van der Waals surface area contributed by atoms with Crippen molar-refractivity contribution >= 4 is 23.3 Å². The van der Waals surface area contributed by atoms with Gasteiger partial charge in [0, 0.05) is 9.97 Å². The highest BCUT2D eigenvalue weighted by Crippen LogP contribution is 2.26. The zero-order valence-electron chi connectivity index (χ0n) is 11.8. The van der Waals surface area contributed by atoms with E-state index in [1.165, 1.54) is 0 Å². The number of hydrogen-bond donors (Lipinski definition) is 0. The quantitative estimate of drug-likeness (QED) is 0.462. The number of rotatable bonds is 8. The Morgan fingerprint density at radius 1 is 0.760 bits per heavy atom. The largest absolute Gasteiger partial charge is 0.462 e. The molecule has 0 bridgehead atoms. The monoisotopic (exact) mass is 358 g/mol. The summed E-state index contributed by atoms with van der Waals surface area (Å²) in [5.41, 5.74) is 0. The van der Waals surface area contributed by atoms with Gasteiger partial charge in [-0.25, -0.2) is 0 Å². The molecule has 2 aromatic rings. The second kappa shape index (κ2) is 6.62. The third-order valence-corrected chi connectivity index (χ3v) is 2.74. The summed E-state index contributed by atoms with van der Waals surface area (Å²) in [7, 11) is 0. The minimum atomic E-state index is -1.06. The zero-order valence-corrected chi connectivity index (χ0v) is 11.8. The molecule has 17 heteroatoms. The third-order valence-electron chi connectivity index (χ3n) is 2.74. The highest BCUT2D eigenvalue weighted by molar-refractivity contribution is 5.41. The molecule has 0 amide bonds. The van der Waals surface area contributed by atoms with Crippen molar-refractivity contribution in [1.82, 2.24) is 19.1 Å². The van der Waals surface area contributed by atoms with E-state index in [2.05, 4.69) is 9.97 Å². The normalized spacial score (nSPS) is 10.6. The van der Waals surface area contributed by atoms with E-state index in [9.17, 15) is 40.5 Å². The van der Waals surface area contributed by atoms with Crippen LogP contribution in [0.25, 0.3) is 0 Å². The maximum absolute atomic E-state index is 10.9. The third kappa shape index (κ3) is 3.34. The van der Waals surface area contributed by atoms with Gasteiger partial charge in [-0.2, -0.15) is 9.13 Å². The lowest BCUT2D eigenvalue weighted by Crippen LogP contribution is -2.10. The SMILES string of the molecule is O=[N+]([O-])c1ncn(COCn2cnc([N+](=O)[O-])c2[N+](=O)[O-])c1[N+](=O)[O-]. The van der Waals surface area contributed by atoms with Crippen LogP contribution >= 0.6 is 0 Å². The first-order valence-corrected chi connectivity index (χ1v) is 5.99. The van der Waals surface area contributed by atoms with Gasteiger partial charge < -0.3 is 45.2 Å². The van der Waals surface area contributed by atoms with Crippen LogP contribution < -0.4 is 0 Å². The van der Waals surface area contributed by atoms with Crippen molar-refractivity contribution in [3.05, 3.63) is 53.1 Å². The fourth-order valence-corrected chi connectivity index (χ4v) is 1.79. The molecule has 0 atom stereocenters. The zero-order chi connectivity index (χ0) is 18.7. The molecule has 2 rings (SSSR count). The van der Waals surface area contributed by atoms with Gasteiger partial charge in [-0.05, 0) is 19.7 Å². The van der Waals surface area contributed by atoms with Crippen molar-refractivity contribution < 1.29 is 24.4 Å². The van der Waals surface area contributed by atoms with Crippen molar-refractivity contribution in [3.8, 4) is 0 Å². The molecule has 0 saturated carbocycles. The van der Waals surface area contributed by atoms with Crippen LogP contribution in [0.5, 0.6) is 0 Å². The van der Waals surface area contributed by atoms with Crippen LogP contribution in [-0.2, 0) is 18.2 Å². The number of hydrogen-bond acceptors (Lipinski definition) is 11. The van der Waals surface area contributed by atoms with Gasteiger partial charge >= 0.3 is 23.3 Å². The molecule has 0 aromatic carbocycles.